The molecule has 1 aliphatic heterocycles. The van der Waals surface area contributed by atoms with E-state index in [0.29, 0.717) is 39.1 Å². The lowest BCUT2D eigenvalue weighted by Crippen LogP contribution is -2.47. The Kier molecular flexibility index (Phi) is 6.81. The van der Waals surface area contributed by atoms with E-state index in [4.69, 9.17) is 9.47 Å². The van der Waals surface area contributed by atoms with Crippen LogP contribution in [0.5, 0.6) is 5.75 Å². The normalized spacial score (nSPS) is 19.1. The van der Waals surface area contributed by atoms with Gasteiger partial charge in [0.15, 0.2) is 5.82 Å². The number of aromatic nitrogens is 4. The van der Waals surface area contributed by atoms with Crippen LogP contribution in [-0.2, 0) is 28.0 Å². The lowest BCUT2D eigenvalue weighted by atomic mass is 9.96. The van der Waals surface area contributed by atoms with Gasteiger partial charge in [-0.2, -0.15) is 0 Å². The van der Waals surface area contributed by atoms with E-state index in [9.17, 15) is 4.79 Å². The first-order valence-corrected chi connectivity index (χ1v) is 9.84. The van der Waals surface area contributed by atoms with Crippen LogP contribution in [-0.4, -0.2) is 83.9 Å². The summed E-state index contributed by atoms with van der Waals surface area (Å²) >= 11 is 0. The molecule has 1 atom stereocenters. The van der Waals surface area contributed by atoms with Gasteiger partial charge in [-0.15, -0.1) is 5.10 Å². The summed E-state index contributed by atoms with van der Waals surface area (Å²) in [5.41, 5.74) is 0.697. The van der Waals surface area contributed by atoms with Crippen molar-refractivity contribution < 1.29 is 14.3 Å². The summed E-state index contributed by atoms with van der Waals surface area (Å²) in [6.45, 7) is 2.37. The predicted octanol–water partition coefficient (Wildman–Crippen LogP) is 0.950. The average Bonchev–Trinajstić information content (AvgIpc) is 3.38. The fourth-order valence-corrected chi connectivity index (χ4v) is 3.86. The molecule has 0 N–H and O–H groups in total. The highest BCUT2D eigenvalue weighted by Crippen LogP contribution is 2.35. The van der Waals surface area contributed by atoms with Crippen molar-refractivity contribution in [2.45, 2.75) is 31.3 Å². The summed E-state index contributed by atoms with van der Waals surface area (Å²) in [4.78, 5) is 17.0. The molecule has 0 radical (unpaired) electrons. The minimum absolute atomic E-state index is 0.146. The molecule has 1 fully saturated rings. The zero-order chi connectivity index (χ0) is 20.9. The van der Waals surface area contributed by atoms with Gasteiger partial charge in [0.1, 0.15) is 11.3 Å². The van der Waals surface area contributed by atoms with Gasteiger partial charge >= 0.3 is 0 Å². The second-order valence-corrected chi connectivity index (χ2v) is 7.56. The van der Waals surface area contributed by atoms with Crippen LogP contribution in [0.3, 0.4) is 0 Å². The van der Waals surface area contributed by atoms with E-state index >= 15 is 0 Å². The number of benzene rings is 1. The number of aryl methyl sites for hydroxylation is 1. The Morgan fingerprint density at radius 2 is 2.14 bits per heavy atom. The molecule has 1 aromatic carbocycles. The number of hydrogen-bond acceptors (Lipinski definition) is 7. The van der Waals surface area contributed by atoms with Gasteiger partial charge in [-0.25, -0.2) is 4.68 Å². The predicted molar refractivity (Wildman–Crippen MR) is 108 cm³/mol. The molecule has 2 aromatic rings. The topological polar surface area (TPSA) is 85.6 Å². The van der Waals surface area contributed by atoms with E-state index in [1.165, 1.54) is 0 Å². The highest BCUT2D eigenvalue weighted by molar-refractivity contribution is 5.77. The Labute approximate surface area is 171 Å². The average molecular weight is 402 g/mol. The third-order valence-electron chi connectivity index (χ3n) is 5.67. The van der Waals surface area contributed by atoms with Gasteiger partial charge in [0.25, 0.3) is 0 Å². The van der Waals surface area contributed by atoms with E-state index in [2.05, 4.69) is 20.4 Å². The zero-order valence-corrected chi connectivity index (χ0v) is 17.7. The molecule has 1 aliphatic rings. The number of carbonyl (C=O) groups is 1. The largest absolute Gasteiger partial charge is 0.497 e. The second-order valence-electron chi connectivity index (χ2n) is 7.56. The summed E-state index contributed by atoms with van der Waals surface area (Å²) in [6, 6.07) is 7.86. The SMILES string of the molecule is COCCn1nnnc1C1(N(C)C)CCN(C(=O)CCc2cccc(OC)c2)C1. The molecule has 158 valence electrons. The Hall–Kier alpha value is -2.52. The van der Waals surface area contributed by atoms with E-state index in [0.717, 1.165) is 23.6 Å². The summed E-state index contributed by atoms with van der Waals surface area (Å²) in [5, 5.41) is 12.3. The number of carbonyl (C=O) groups excluding carboxylic acids is 1. The maximum Gasteiger partial charge on any atom is 0.222 e. The molecule has 0 spiro atoms. The number of likely N-dealkylation sites (N-methyl/N-ethyl adjacent to an activating group) is 1. The Morgan fingerprint density at radius 1 is 1.31 bits per heavy atom. The van der Waals surface area contributed by atoms with E-state index < -0.39 is 5.54 Å². The first-order chi connectivity index (χ1) is 14.0. The van der Waals surface area contributed by atoms with E-state index in [1.54, 1.807) is 18.9 Å². The molecule has 0 bridgehead atoms. The van der Waals surface area contributed by atoms with Crippen LogP contribution in [0, 0.1) is 0 Å². The number of likely N-dealkylation sites (tertiary alicyclic amines) is 1. The van der Waals surface area contributed by atoms with Crippen molar-refractivity contribution in [1.29, 1.82) is 0 Å². The fraction of sp³-hybridized carbons (Fsp3) is 0.600. The van der Waals surface area contributed by atoms with Crippen LogP contribution < -0.4 is 4.74 Å². The Morgan fingerprint density at radius 3 is 2.86 bits per heavy atom. The number of ether oxygens (including phenoxy) is 2. The molecular formula is C20H30N6O3. The maximum absolute atomic E-state index is 12.9. The third-order valence-corrected chi connectivity index (χ3v) is 5.67. The number of tetrazole rings is 1. The lowest BCUT2D eigenvalue weighted by Gasteiger charge is -2.34. The van der Waals surface area contributed by atoms with Crippen molar-refractivity contribution in [3.05, 3.63) is 35.7 Å². The van der Waals surface area contributed by atoms with Crippen molar-refractivity contribution in [2.75, 3.05) is 48.0 Å². The molecule has 0 aliphatic carbocycles. The molecule has 0 saturated carbocycles. The number of hydrogen-bond donors (Lipinski definition) is 0. The summed E-state index contributed by atoms with van der Waals surface area (Å²) in [7, 11) is 7.33. The van der Waals surface area contributed by atoms with Crippen LogP contribution in [0.15, 0.2) is 24.3 Å². The highest BCUT2D eigenvalue weighted by Gasteiger charge is 2.46. The first kappa shape index (κ1) is 21.2. The zero-order valence-electron chi connectivity index (χ0n) is 17.7. The Bertz CT molecular complexity index is 824. The molecule has 3 rings (SSSR count). The molecule has 29 heavy (non-hydrogen) atoms. The van der Waals surface area contributed by atoms with Gasteiger partial charge in [-0.05, 0) is 55.1 Å². The third kappa shape index (κ3) is 4.56. The number of methoxy groups -OCH3 is 2. The molecule has 2 heterocycles. The van der Waals surface area contributed by atoms with Crippen LogP contribution in [0.4, 0.5) is 0 Å². The number of nitrogens with zero attached hydrogens (tertiary/aromatic N) is 6. The quantitative estimate of drug-likeness (QED) is 0.617. The summed E-state index contributed by atoms with van der Waals surface area (Å²) in [5.74, 6) is 1.74. The minimum Gasteiger partial charge on any atom is -0.497 e. The maximum atomic E-state index is 12.9. The number of rotatable bonds is 9. The highest BCUT2D eigenvalue weighted by atomic mass is 16.5. The van der Waals surface area contributed by atoms with Gasteiger partial charge in [0.05, 0.1) is 20.3 Å². The van der Waals surface area contributed by atoms with Crippen LogP contribution in [0.2, 0.25) is 0 Å². The van der Waals surface area contributed by atoms with Gasteiger partial charge in [-0.3, -0.25) is 9.69 Å². The first-order valence-electron chi connectivity index (χ1n) is 9.84. The van der Waals surface area contributed by atoms with Crippen molar-refractivity contribution in [3.8, 4) is 5.75 Å². The molecule has 1 saturated heterocycles. The van der Waals surface area contributed by atoms with Crippen LogP contribution >= 0.6 is 0 Å². The van der Waals surface area contributed by atoms with Crippen LogP contribution in [0.1, 0.15) is 24.2 Å². The molecule has 9 heteroatoms. The molecule has 1 aromatic heterocycles. The minimum atomic E-state index is -0.400. The fourth-order valence-electron chi connectivity index (χ4n) is 3.86. The monoisotopic (exact) mass is 402 g/mol. The second kappa shape index (κ2) is 9.32. The molecular weight excluding hydrogens is 372 g/mol. The standard InChI is InChI=1S/C20H30N6O3/c1-24(2)20(19-21-22-23-26(19)12-13-28-3)10-11-25(15-20)18(27)9-8-16-6-5-7-17(14-16)29-4/h5-7,14H,8-13,15H2,1-4H3. The summed E-state index contributed by atoms with van der Waals surface area (Å²) < 4.78 is 12.2. The van der Waals surface area contributed by atoms with Crippen molar-refractivity contribution in [3.63, 3.8) is 0 Å². The lowest BCUT2D eigenvalue weighted by molar-refractivity contribution is -0.130. The van der Waals surface area contributed by atoms with Gasteiger partial charge in [0.2, 0.25) is 5.91 Å². The number of amides is 1. The summed E-state index contributed by atoms with van der Waals surface area (Å²) in [6.07, 6.45) is 1.94. The van der Waals surface area contributed by atoms with Gasteiger partial charge in [0, 0.05) is 26.6 Å². The van der Waals surface area contributed by atoms with E-state index in [-0.39, 0.29) is 5.91 Å². The smallest absolute Gasteiger partial charge is 0.222 e. The van der Waals surface area contributed by atoms with Crippen molar-refractivity contribution in [1.82, 2.24) is 30.0 Å². The van der Waals surface area contributed by atoms with Crippen LogP contribution in [0.25, 0.3) is 0 Å². The van der Waals surface area contributed by atoms with Crippen molar-refractivity contribution in [2.24, 2.45) is 0 Å². The van der Waals surface area contributed by atoms with E-state index in [1.807, 2.05) is 43.3 Å². The molecule has 9 nitrogen and oxygen atoms in total. The van der Waals surface area contributed by atoms with Crippen molar-refractivity contribution >= 4 is 5.91 Å². The Balaban J connectivity index is 1.68. The molecule has 1 unspecified atom stereocenters. The van der Waals surface area contributed by atoms with Gasteiger partial charge in [-0.1, -0.05) is 12.1 Å². The molecule has 1 amide bonds. The van der Waals surface area contributed by atoms with Gasteiger partial charge < -0.3 is 14.4 Å².